The standard InChI is InChI=1S/C14H11N/c1-10-5-4-8-14-12(10)9-11-6-2-3-7-13(11)15-14/h2-4,6-9H,1,5H2. The number of allylic oxidation sites excluding steroid dienone is 2. The Morgan fingerprint density at radius 1 is 1.20 bits per heavy atom. The van der Waals surface area contributed by atoms with Crippen LogP contribution in [0, 0.1) is 0 Å². The Labute approximate surface area is 88.8 Å². The van der Waals surface area contributed by atoms with E-state index >= 15 is 0 Å². The summed E-state index contributed by atoms with van der Waals surface area (Å²) in [5.74, 6) is 0. The number of hydrogen-bond donors (Lipinski definition) is 0. The molecule has 0 amide bonds. The number of nitrogens with zero attached hydrogens (tertiary/aromatic N) is 1. The van der Waals surface area contributed by atoms with Crippen LogP contribution in [-0.2, 0) is 0 Å². The van der Waals surface area contributed by atoms with Crippen LogP contribution in [0.2, 0.25) is 0 Å². The van der Waals surface area contributed by atoms with Crippen molar-refractivity contribution in [3.63, 3.8) is 0 Å². The van der Waals surface area contributed by atoms with Crippen LogP contribution in [0.5, 0.6) is 0 Å². The molecule has 15 heavy (non-hydrogen) atoms. The van der Waals surface area contributed by atoms with Crippen LogP contribution in [0.15, 0.2) is 43.0 Å². The monoisotopic (exact) mass is 193 g/mol. The topological polar surface area (TPSA) is 12.9 Å². The van der Waals surface area contributed by atoms with Gasteiger partial charge in [-0.05, 0) is 30.2 Å². The van der Waals surface area contributed by atoms with E-state index in [-0.39, 0.29) is 0 Å². The van der Waals surface area contributed by atoms with Crippen molar-refractivity contribution in [1.82, 2.24) is 4.98 Å². The molecule has 0 aliphatic heterocycles. The van der Waals surface area contributed by atoms with Crippen molar-refractivity contribution >= 4 is 22.6 Å². The Hall–Kier alpha value is -1.89. The lowest BCUT2D eigenvalue weighted by Crippen LogP contribution is -1.96. The maximum Gasteiger partial charge on any atom is 0.0709 e. The van der Waals surface area contributed by atoms with Crippen LogP contribution in [0.4, 0.5) is 0 Å². The van der Waals surface area contributed by atoms with Crippen molar-refractivity contribution in [2.24, 2.45) is 0 Å². The Morgan fingerprint density at radius 2 is 2.07 bits per heavy atom. The van der Waals surface area contributed by atoms with E-state index in [0.29, 0.717) is 0 Å². The highest BCUT2D eigenvalue weighted by atomic mass is 14.7. The summed E-state index contributed by atoms with van der Waals surface area (Å²) in [4.78, 5) is 4.62. The van der Waals surface area contributed by atoms with Gasteiger partial charge in [-0.25, -0.2) is 4.98 Å². The predicted molar refractivity (Wildman–Crippen MR) is 64.4 cm³/mol. The van der Waals surface area contributed by atoms with Gasteiger partial charge in [-0.2, -0.15) is 0 Å². The molecule has 0 radical (unpaired) electrons. The predicted octanol–water partition coefficient (Wildman–Crippen LogP) is 3.66. The molecule has 0 fully saturated rings. The Bertz CT molecular complexity index is 579. The van der Waals surface area contributed by atoms with E-state index in [2.05, 4.69) is 35.8 Å². The highest BCUT2D eigenvalue weighted by molar-refractivity contribution is 5.87. The molecule has 1 nitrogen and oxygen atoms in total. The van der Waals surface area contributed by atoms with Crippen molar-refractivity contribution < 1.29 is 0 Å². The molecule has 0 bridgehead atoms. The van der Waals surface area contributed by atoms with E-state index in [1.165, 1.54) is 10.9 Å². The molecule has 1 aromatic heterocycles. The van der Waals surface area contributed by atoms with Gasteiger partial charge in [0.05, 0.1) is 11.2 Å². The van der Waals surface area contributed by atoms with Crippen molar-refractivity contribution in [3.05, 3.63) is 54.2 Å². The Morgan fingerprint density at radius 3 is 3.00 bits per heavy atom. The second kappa shape index (κ2) is 3.06. The number of para-hydroxylation sites is 1. The van der Waals surface area contributed by atoms with Crippen molar-refractivity contribution in [3.8, 4) is 0 Å². The minimum atomic E-state index is 0.938. The first-order valence-electron chi connectivity index (χ1n) is 5.09. The van der Waals surface area contributed by atoms with Gasteiger partial charge in [-0.1, -0.05) is 30.9 Å². The third kappa shape index (κ3) is 1.28. The van der Waals surface area contributed by atoms with Crippen molar-refractivity contribution in [2.45, 2.75) is 6.42 Å². The number of pyridine rings is 1. The largest absolute Gasteiger partial charge is 0.248 e. The first kappa shape index (κ1) is 8.42. The summed E-state index contributed by atoms with van der Waals surface area (Å²) in [5, 5.41) is 1.19. The van der Waals surface area contributed by atoms with Gasteiger partial charge in [-0.15, -0.1) is 0 Å². The summed E-state index contributed by atoms with van der Waals surface area (Å²) in [7, 11) is 0. The average Bonchev–Trinajstić information content (AvgIpc) is 2.27. The molecule has 0 saturated heterocycles. The molecule has 0 spiro atoms. The molecular formula is C14H11N. The molecule has 0 saturated carbocycles. The van der Waals surface area contributed by atoms with Gasteiger partial charge < -0.3 is 0 Å². The first-order chi connectivity index (χ1) is 7.34. The number of fused-ring (bicyclic) bond motifs is 2. The lowest BCUT2D eigenvalue weighted by Gasteiger charge is -2.13. The first-order valence-corrected chi connectivity index (χ1v) is 5.09. The van der Waals surface area contributed by atoms with Gasteiger partial charge in [0.25, 0.3) is 0 Å². The van der Waals surface area contributed by atoms with Crippen LogP contribution in [0.1, 0.15) is 17.7 Å². The summed E-state index contributed by atoms with van der Waals surface area (Å²) in [6.45, 7) is 4.07. The lowest BCUT2D eigenvalue weighted by atomic mass is 9.96. The van der Waals surface area contributed by atoms with Gasteiger partial charge in [0.1, 0.15) is 0 Å². The van der Waals surface area contributed by atoms with Gasteiger partial charge in [-0.3, -0.25) is 0 Å². The fraction of sp³-hybridized carbons (Fsp3) is 0.0714. The molecule has 0 N–H and O–H groups in total. The van der Waals surface area contributed by atoms with Crippen molar-refractivity contribution in [1.29, 1.82) is 0 Å². The zero-order valence-electron chi connectivity index (χ0n) is 8.40. The molecule has 3 rings (SSSR count). The maximum absolute atomic E-state index is 4.62. The van der Waals surface area contributed by atoms with Gasteiger partial charge >= 0.3 is 0 Å². The number of aromatic nitrogens is 1. The molecule has 1 aromatic carbocycles. The average molecular weight is 193 g/mol. The summed E-state index contributed by atoms with van der Waals surface area (Å²) >= 11 is 0. The molecule has 1 aliphatic carbocycles. The molecule has 1 heteroatoms. The smallest absolute Gasteiger partial charge is 0.0709 e. The summed E-state index contributed by atoms with van der Waals surface area (Å²) in [5.41, 5.74) is 4.45. The highest BCUT2D eigenvalue weighted by Gasteiger charge is 2.10. The third-order valence-electron chi connectivity index (χ3n) is 2.77. The fourth-order valence-electron chi connectivity index (χ4n) is 1.96. The minimum absolute atomic E-state index is 0.938. The van der Waals surface area contributed by atoms with Gasteiger partial charge in [0.15, 0.2) is 0 Å². The molecule has 1 heterocycles. The van der Waals surface area contributed by atoms with E-state index in [1.54, 1.807) is 0 Å². The SMILES string of the molecule is C=C1CC=Cc2nc3ccccc3cc21. The van der Waals surface area contributed by atoms with Crippen LogP contribution in [-0.4, -0.2) is 4.98 Å². The third-order valence-corrected chi connectivity index (χ3v) is 2.77. The van der Waals surface area contributed by atoms with Crippen LogP contribution < -0.4 is 0 Å². The highest BCUT2D eigenvalue weighted by Crippen LogP contribution is 2.28. The lowest BCUT2D eigenvalue weighted by molar-refractivity contribution is 1.28. The summed E-state index contributed by atoms with van der Waals surface area (Å²) in [6.07, 6.45) is 5.13. The minimum Gasteiger partial charge on any atom is -0.248 e. The molecule has 0 unspecified atom stereocenters. The fourth-order valence-corrected chi connectivity index (χ4v) is 1.96. The Balaban J connectivity index is 2.38. The van der Waals surface area contributed by atoms with E-state index in [1.807, 2.05) is 18.2 Å². The molecule has 2 aromatic rings. The second-order valence-electron chi connectivity index (χ2n) is 3.82. The van der Waals surface area contributed by atoms with E-state index < -0.39 is 0 Å². The van der Waals surface area contributed by atoms with Crippen molar-refractivity contribution in [2.75, 3.05) is 0 Å². The molecule has 1 aliphatic rings. The van der Waals surface area contributed by atoms with E-state index in [0.717, 1.165) is 23.2 Å². The molecule has 0 atom stereocenters. The van der Waals surface area contributed by atoms with E-state index in [9.17, 15) is 0 Å². The number of benzene rings is 1. The Kier molecular flexibility index (Phi) is 1.72. The van der Waals surface area contributed by atoms with Crippen LogP contribution in [0.3, 0.4) is 0 Å². The zero-order chi connectivity index (χ0) is 10.3. The van der Waals surface area contributed by atoms with Crippen LogP contribution >= 0.6 is 0 Å². The van der Waals surface area contributed by atoms with Crippen LogP contribution in [0.25, 0.3) is 22.6 Å². The zero-order valence-corrected chi connectivity index (χ0v) is 8.40. The van der Waals surface area contributed by atoms with Gasteiger partial charge in [0, 0.05) is 10.9 Å². The molecular weight excluding hydrogens is 182 g/mol. The normalized spacial score (nSPS) is 14.3. The van der Waals surface area contributed by atoms with Gasteiger partial charge in [0.2, 0.25) is 0 Å². The number of hydrogen-bond acceptors (Lipinski definition) is 1. The summed E-state index contributed by atoms with van der Waals surface area (Å²) in [6, 6.07) is 10.4. The number of rotatable bonds is 0. The molecule has 72 valence electrons. The second-order valence-corrected chi connectivity index (χ2v) is 3.82. The quantitative estimate of drug-likeness (QED) is 0.622. The summed E-state index contributed by atoms with van der Waals surface area (Å²) < 4.78 is 0. The van der Waals surface area contributed by atoms with E-state index in [4.69, 9.17) is 0 Å². The maximum atomic E-state index is 4.62.